The van der Waals surface area contributed by atoms with Gasteiger partial charge in [0.1, 0.15) is 5.75 Å². The minimum atomic E-state index is 0.480. The number of nitrogens with one attached hydrogen (secondary N) is 1. The average molecular weight is 289 g/mol. The Morgan fingerprint density at radius 1 is 1.33 bits per heavy atom. The van der Waals surface area contributed by atoms with Crippen molar-refractivity contribution in [3.8, 4) is 5.75 Å². The van der Waals surface area contributed by atoms with Crippen LogP contribution in [0.4, 0.5) is 0 Å². The van der Waals surface area contributed by atoms with Crippen LogP contribution in [-0.4, -0.2) is 31.9 Å². The zero-order chi connectivity index (χ0) is 14.5. The van der Waals surface area contributed by atoms with Gasteiger partial charge in [0.2, 0.25) is 0 Å². The van der Waals surface area contributed by atoms with Crippen molar-refractivity contribution in [2.45, 2.75) is 57.1 Å². The van der Waals surface area contributed by atoms with E-state index < -0.39 is 0 Å². The molecule has 21 heavy (non-hydrogen) atoms. The molecule has 3 heteroatoms. The van der Waals surface area contributed by atoms with Gasteiger partial charge in [-0.2, -0.15) is 0 Å². The van der Waals surface area contributed by atoms with Gasteiger partial charge in [0.15, 0.2) is 0 Å². The van der Waals surface area contributed by atoms with Crippen LogP contribution in [0.25, 0.3) is 0 Å². The summed E-state index contributed by atoms with van der Waals surface area (Å²) in [6.45, 7) is 5.07. The number of fused-ring (bicyclic) bond motifs is 1. The van der Waals surface area contributed by atoms with Gasteiger partial charge in [-0.3, -0.25) is 0 Å². The molecule has 0 amide bonds. The first-order valence-electron chi connectivity index (χ1n) is 8.45. The summed E-state index contributed by atoms with van der Waals surface area (Å²) in [6.07, 6.45) is 6.46. The number of hydrogen-bond donors (Lipinski definition) is 1. The molecule has 2 heterocycles. The van der Waals surface area contributed by atoms with Gasteiger partial charge in [-0.25, -0.2) is 0 Å². The van der Waals surface area contributed by atoms with Crippen molar-refractivity contribution in [2.24, 2.45) is 0 Å². The van der Waals surface area contributed by atoms with Crippen LogP contribution in [0.15, 0.2) is 24.3 Å². The third-order valence-corrected chi connectivity index (χ3v) is 4.70. The van der Waals surface area contributed by atoms with E-state index in [-0.39, 0.29) is 0 Å². The molecular formula is C18H27NO2. The van der Waals surface area contributed by atoms with Crippen LogP contribution in [0.3, 0.4) is 0 Å². The van der Waals surface area contributed by atoms with Gasteiger partial charge >= 0.3 is 0 Å². The molecule has 0 aromatic heterocycles. The topological polar surface area (TPSA) is 30.5 Å². The van der Waals surface area contributed by atoms with Gasteiger partial charge in [-0.15, -0.1) is 0 Å². The van der Waals surface area contributed by atoms with Crippen LogP contribution in [0.2, 0.25) is 0 Å². The van der Waals surface area contributed by atoms with E-state index in [2.05, 4.69) is 36.5 Å². The fraction of sp³-hybridized carbons (Fsp3) is 0.667. The molecule has 2 aliphatic heterocycles. The second kappa shape index (κ2) is 7.28. The Bertz CT molecular complexity index is 443. The first-order chi connectivity index (χ1) is 10.4. The summed E-state index contributed by atoms with van der Waals surface area (Å²) in [5.41, 5.74) is 1.37. The SMILES string of the molecule is CCCNC(CCC1CCCO1)C1COc2ccccc21. The largest absolute Gasteiger partial charge is 0.493 e. The number of hydrogen-bond acceptors (Lipinski definition) is 3. The molecule has 0 aliphatic carbocycles. The van der Waals surface area contributed by atoms with Gasteiger partial charge in [0.25, 0.3) is 0 Å². The number of ether oxygens (including phenoxy) is 2. The van der Waals surface area contributed by atoms with Crippen molar-refractivity contribution in [3.63, 3.8) is 0 Å². The van der Waals surface area contributed by atoms with Gasteiger partial charge in [0, 0.05) is 24.1 Å². The summed E-state index contributed by atoms with van der Waals surface area (Å²) < 4.78 is 11.7. The zero-order valence-corrected chi connectivity index (χ0v) is 13.0. The van der Waals surface area contributed by atoms with E-state index >= 15 is 0 Å². The van der Waals surface area contributed by atoms with Gasteiger partial charge in [-0.1, -0.05) is 25.1 Å². The third kappa shape index (κ3) is 3.58. The normalized spacial score (nSPS) is 25.6. The summed E-state index contributed by atoms with van der Waals surface area (Å²) in [6, 6.07) is 8.99. The lowest BCUT2D eigenvalue weighted by Crippen LogP contribution is -2.37. The molecule has 3 unspecified atom stereocenters. The fourth-order valence-electron chi connectivity index (χ4n) is 3.53. The molecule has 2 aliphatic rings. The minimum Gasteiger partial charge on any atom is -0.493 e. The molecule has 0 radical (unpaired) electrons. The Hall–Kier alpha value is -1.06. The molecule has 3 nitrogen and oxygen atoms in total. The molecule has 0 saturated carbocycles. The van der Waals surface area contributed by atoms with Crippen LogP contribution in [0.5, 0.6) is 5.75 Å². The van der Waals surface area contributed by atoms with Gasteiger partial charge in [-0.05, 0) is 44.7 Å². The molecule has 1 N–H and O–H groups in total. The highest BCUT2D eigenvalue weighted by Gasteiger charge is 2.31. The summed E-state index contributed by atoms with van der Waals surface area (Å²) in [7, 11) is 0. The van der Waals surface area contributed by atoms with Crippen LogP contribution < -0.4 is 10.1 Å². The predicted molar refractivity (Wildman–Crippen MR) is 85.0 cm³/mol. The number of rotatable bonds is 7. The molecule has 0 bridgehead atoms. The lowest BCUT2D eigenvalue weighted by atomic mass is 9.89. The fourth-order valence-corrected chi connectivity index (χ4v) is 3.53. The van der Waals surface area contributed by atoms with Gasteiger partial charge in [0.05, 0.1) is 12.7 Å². The van der Waals surface area contributed by atoms with Crippen molar-refractivity contribution in [1.82, 2.24) is 5.32 Å². The summed E-state index contributed by atoms with van der Waals surface area (Å²) in [5.74, 6) is 1.55. The maximum absolute atomic E-state index is 5.87. The molecule has 1 aromatic rings. The number of benzene rings is 1. The predicted octanol–water partition coefficient (Wildman–Crippen LogP) is 3.49. The third-order valence-electron chi connectivity index (χ3n) is 4.70. The molecule has 0 spiro atoms. The first kappa shape index (κ1) is 14.9. The molecule has 1 aromatic carbocycles. The molecule has 3 atom stereocenters. The molecule has 1 saturated heterocycles. The quantitative estimate of drug-likeness (QED) is 0.833. The lowest BCUT2D eigenvalue weighted by Gasteiger charge is -2.25. The Morgan fingerprint density at radius 3 is 3.05 bits per heavy atom. The smallest absolute Gasteiger partial charge is 0.122 e. The summed E-state index contributed by atoms with van der Waals surface area (Å²) in [4.78, 5) is 0. The highest BCUT2D eigenvalue weighted by Crippen LogP contribution is 2.37. The van der Waals surface area contributed by atoms with Gasteiger partial charge < -0.3 is 14.8 Å². The Morgan fingerprint density at radius 2 is 2.24 bits per heavy atom. The lowest BCUT2D eigenvalue weighted by molar-refractivity contribution is 0.0980. The maximum Gasteiger partial charge on any atom is 0.122 e. The zero-order valence-electron chi connectivity index (χ0n) is 13.0. The van der Waals surface area contributed by atoms with E-state index in [0.29, 0.717) is 18.1 Å². The highest BCUT2D eigenvalue weighted by molar-refractivity contribution is 5.40. The molecular weight excluding hydrogens is 262 g/mol. The van der Waals surface area contributed by atoms with Crippen LogP contribution >= 0.6 is 0 Å². The van der Waals surface area contributed by atoms with E-state index in [0.717, 1.165) is 25.5 Å². The molecule has 1 fully saturated rings. The summed E-state index contributed by atoms with van der Waals surface area (Å²) in [5, 5.41) is 3.74. The second-order valence-corrected chi connectivity index (χ2v) is 6.23. The Kier molecular flexibility index (Phi) is 5.15. The standard InChI is InChI=1S/C18H27NO2/c1-2-11-19-17(10-9-14-6-5-12-20-14)16-13-21-18-8-4-3-7-15(16)18/h3-4,7-8,14,16-17,19H,2,5-6,9-13H2,1H3. The number of para-hydroxylation sites is 1. The molecule has 3 rings (SSSR count). The van der Waals surface area contributed by atoms with Crippen molar-refractivity contribution >= 4 is 0 Å². The minimum absolute atomic E-state index is 0.480. The van der Waals surface area contributed by atoms with E-state index in [1.54, 1.807) is 0 Å². The van der Waals surface area contributed by atoms with E-state index in [9.17, 15) is 0 Å². The summed E-state index contributed by atoms with van der Waals surface area (Å²) >= 11 is 0. The van der Waals surface area contributed by atoms with Crippen LogP contribution in [0, 0.1) is 0 Å². The van der Waals surface area contributed by atoms with Crippen molar-refractivity contribution in [2.75, 3.05) is 19.8 Å². The van der Waals surface area contributed by atoms with Crippen LogP contribution in [-0.2, 0) is 4.74 Å². The van der Waals surface area contributed by atoms with Crippen molar-refractivity contribution in [1.29, 1.82) is 0 Å². The van der Waals surface area contributed by atoms with Crippen LogP contribution in [0.1, 0.15) is 50.5 Å². The average Bonchev–Trinajstić information content (AvgIpc) is 3.17. The van der Waals surface area contributed by atoms with E-state index in [1.807, 2.05) is 0 Å². The first-order valence-corrected chi connectivity index (χ1v) is 8.45. The highest BCUT2D eigenvalue weighted by atomic mass is 16.5. The Labute approximate surface area is 128 Å². The second-order valence-electron chi connectivity index (χ2n) is 6.23. The Balaban J connectivity index is 1.64. The van der Waals surface area contributed by atoms with E-state index in [4.69, 9.17) is 9.47 Å². The van der Waals surface area contributed by atoms with Crippen molar-refractivity contribution in [3.05, 3.63) is 29.8 Å². The van der Waals surface area contributed by atoms with Crippen molar-refractivity contribution < 1.29 is 9.47 Å². The maximum atomic E-state index is 5.87. The van der Waals surface area contributed by atoms with E-state index in [1.165, 1.54) is 37.7 Å². The monoisotopic (exact) mass is 289 g/mol. The molecule has 116 valence electrons.